The fraction of sp³-hybridized carbons (Fsp3) is 0.640. The second kappa shape index (κ2) is 11.8. The van der Waals surface area contributed by atoms with Gasteiger partial charge in [-0.15, -0.1) is 11.3 Å². The summed E-state index contributed by atoms with van der Waals surface area (Å²) in [5.41, 5.74) is 0.873. The van der Waals surface area contributed by atoms with Crippen molar-refractivity contribution in [1.82, 2.24) is 15.0 Å². The molecular weight excluding hydrogens is 523 g/mol. The van der Waals surface area contributed by atoms with Crippen LogP contribution in [0.15, 0.2) is 12.3 Å². The van der Waals surface area contributed by atoms with E-state index in [-0.39, 0.29) is 5.92 Å². The number of piperidine rings is 1. The summed E-state index contributed by atoms with van der Waals surface area (Å²) >= 11 is 1.70. The number of nitrogens with zero attached hydrogens (tertiary/aromatic N) is 4. The van der Waals surface area contributed by atoms with Gasteiger partial charge in [-0.1, -0.05) is 32.1 Å². The van der Waals surface area contributed by atoms with Gasteiger partial charge < -0.3 is 20.4 Å². The SMILES string of the molecule is Cc1cc(Nc2ncc(C3CC3)s2)nc(N2C[C@H](C(=O)O)C[C@H](C3CCCCC3)C2)n1.O=C(O)C(F)(F)F. The van der Waals surface area contributed by atoms with Crippen LogP contribution in [-0.4, -0.2) is 56.4 Å². The Labute approximate surface area is 222 Å². The number of carboxylic acids is 2. The van der Waals surface area contributed by atoms with Crippen molar-refractivity contribution in [2.24, 2.45) is 17.8 Å². The van der Waals surface area contributed by atoms with Crippen molar-refractivity contribution in [3.05, 3.63) is 22.8 Å². The van der Waals surface area contributed by atoms with E-state index in [9.17, 15) is 23.1 Å². The van der Waals surface area contributed by atoms with Crippen LogP contribution in [0.1, 0.15) is 67.9 Å². The first-order valence-electron chi connectivity index (χ1n) is 12.9. The minimum absolute atomic E-state index is 0.360. The Morgan fingerprint density at radius 2 is 1.74 bits per heavy atom. The van der Waals surface area contributed by atoms with Gasteiger partial charge in [-0.25, -0.2) is 14.8 Å². The van der Waals surface area contributed by atoms with E-state index in [1.54, 1.807) is 11.3 Å². The highest BCUT2D eigenvalue weighted by atomic mass is 32.1. The summed E-state index contributed by atoms with van der Waals surface area (Å²) < 4.78 is 31.7. The first-order valence-corrected chi connectivity index (χ1v) is 13.7. The van der Waals surface area contributed by atoms with Crippen molar-refractivity contribution in [3.8, 4) is 0 Å². The van der Waals surface area contributed by atoms with Gasteiger partial charge in [0, 0.05) is 35.9 Å². The Balaban J connectivity index is 0.000000426. The van der Waals surface area contributed by atoms with Gasteiger partial charge in [-0.3, -0.25) is 4.79 Å². The van der Waals surface area contributed by atoms with Crippen LogP contribution in [0.4, 0.5) is 30.1 Å². The zero-order valence-corrected chi connectivity index (χ0v) is 21.9. The molecule has 3 N–H and O–H groups in total. The Morgan fingerprint density at radius 3 is 2.34 bits per heavy atom. The summed E-state index contributed by atoms with van der Waals surface area (Å²) in [6.45, 7) is 3.29. The van der Waals surface area contributed by atoms with Crippen molar-refractivity contribution in [2.45, 2.75) is 70.4 Å². The third-order valence-electron chi connectivity index (χ3n) is 7.25. The molecule has 0 bridgehead atoms. The summed E-state index contributed by atoms with van der Waals surface area (Å²) in [6.07, 6.45) is 6.48. The van der Waals surface area contributed by atoms with Crippen molar-refractivity contribution in [3.63, 3.8) is 0 Å². The zero-order chi connectivity index (χ0) is 27.4. The molecule has 2 aliphatic carbocycles. The molecule has 3 heterocycles. The first-order chi connectivity index (χ1) is 18.0. The monoisotopic (exact) mass is 555 g/mol. The lowest BCUT2D eigenvalue weighted by atomic mass is 9.74. The number of hydrogen-bond acceptors (Lipinski definition) is 8. The van der Waals surface area contributed by atoms with Gasteiger partial charge in [0.05, 0.1) is 5.92 Å². The van der Waals surface area contributed by atoms with Gasteiger partial charge in [-0.2, -0.15) is 18.2 Å². The molecule has 38 heavy (non-hydrogen) atoms. The third-order valence-corrected chi connectivity index (χ3v) is 8.33. The lowest BCUT2D eigenvalue weighted by Crippen LogP contribution is -2.46. The Bertz CT molecular complexity index is 1130. The molecule has 2 aromatic heterocycles. The molecule has 3 aliphatic rings. The number of thiazole rings is 1. The van der Waals surface area contributed by atoms with E-state index in [1.165, 1.54) is 49.8 Å². The number of carbonyl (C=O) groups is 2. The van der Waals surface area contributed by atoms with E-state index in [2.05, 4.69) is 20.2 Å². The predicted molar refractivity (Wildman–Crippen MR) is 136 cm³/mol. The summed E-state index contributed by atoms with van der Waals surface area (Å²) in [5.74, 6) is -0.749. The van der Waals surface area contributed by atoms with Crippen molar-refractivity contribution in [2.75, 3.05) is 23.3 Å². The number of anilines is 3. The van der Waals surface area contributed by atoms with E-state index < -0.39 is 18.1 Å². The summed E-state index contributed by atoms with van der Waals surface area (Å²) in [5, 5.41) is 21.1. The van der Waals surface area contributed by atoms with Gasteiger partial charge in [0.1, 0.15) is 5.82 Å². The van der Waals surface area contributed by atoms with Gasteiger partial charge >= 0.3 is 18.1 Å². The third kappa shape index (κ3) is 7.55. The maximum Gasteiger partial charge on any atom is 0.490 e. The largest absolute Gasteiger partial charge is 0.490 e. The summed E-state index contributed by atoms with van der Waals surface area (Å²) in [4.78, 5) is 38.2. The van der Waals surface area contributed by atoms with Crippen molar-refractivity contribution < 1.29 is 33.0 Å². The highest BCUT2D eigenvalue weighted by Gasteiger charge is 2.38. The number of hydrogen-bond donors (Lipinski definition) is 3. The van der Waals surface area contributed by atoms with Gasteiger partial charge in [0.25, 0.3) is 0 Å². The molecule has 2 aromatic rings. The lowest BCUT2D eigenvalue weighted by Gasteiger charge is -2.41. The van der Waals surface area contributed by atoms with E-state index >= 15 is 0 Å². The topological polar surface area (TPSA) is 129 Å². The summed E-state index contributed by atoms with van der Waals surface area (Å²) in [7, 11) is 0. The molecule has 1 saturated heterocycles. The molecule has 0 spiro atoms. The Morgan fingerprint density at radius 1 is 1.05 bits per heavy atom. The number of rotatable bonds is 6. The van der Waals surface area contributed by atoms with Crippen LogP contribution in [0.2, 0.25) is 0 Å². The number of carboxylic acid groups (broad SMARTS) is 2. The molecule has 5 rings (SSSR count). The lowest BCUT2D eigenvalue weighted by molar-refractivity contribution is -0.192. The van der Waals surface area contributed by atoms with Gasteiger partial charge in [0.2, 0.25) is 5.95 Å². The van der Waals surface area contributed by atoms with Crippen LogP contribution in [0.3, 0.4) is 0 Å². The van der Waals surface area contributed by atoms with E-state index in [0.29, 0.717) is 30.2 Å². The van der Waals surface area contributed by atoms with Gasteiger partial charge in [-0.05, 0) is 43.9 Å². The molecule has 0 amide bonds. The molecule has 2 atom stereocenters. The molecule has 2 saturated carbocycles. The quantitative estimate of drug-likeness (QED) is 0.417. The molecule has 0 unspecified atom stereocenters. The zero-order valence-electron chi connectivity index (χ0n) is 21.1. The molecule has 13 heteroatoms. The Kier molecular flexibility index (Phi) is 8.74. The molecular formula is C25H32F3N5O4S. The minimum Gasteiger partial charge on any atom is -0.481 e. The number of aliphatic carboxylic acids is 2. The van der Waals surface area contributed by atoms with Crippen LogP contribution in [0.5, 0.6) is 0 Å². The molecule has 0 aromatic carbocycles. The Hall–Kier alpha value is -2.96. The number of alkyl halides is 3. The average Bonchev–Trinajstić information content (AvgIpc) is 3.62. The standard InChI is InChI=1S/C23H31N5O2S.C2HF3O2/c1-14-9-20(27-23-24-11-19(31-23)16-7-8-16)26-22(25-14)28-12-17(10-18(13-28)21(29)30)15-5-3-2-4-6-15;3-2(4,5)1(6)7/h9,11,15-18H,2-8,10,12-13H2,1H3,(H,29,30)(H,24,25,26,27);(H,6,7)/t17-,18+;/m0./s1. The van der Waals surface area contributed by atoms with E-state index in [4.69, 9.17) is 14.9 Å². The minimum atomic E-state index is -5.08. The second-order valence-corrected chi connectivity index (χ2v) is 11.4. The normalized spacial score (nSPS) is 22.4. The van der Waals surface area contributed by atoms with Crippen LogP contribution < -0.4 is 10.2 Å². The molecule has 208 valence electrons. The molecule has 0 radical (unpaired) electrons. The predicted octanol–water partition coefficient (Wildman–Crippen LogP) is 5.60. The number of aromatic nitrogens is 3. The van der Waals surface area contributed by atoms with Crippen molar-refractivity contribution in [1.29, 1.82) is 0 Å². The second-order valence-electron chi connectivity index (χ2n) is 10.3. The maximum absolute atomic E-state index is 11.9. The number of halogens is 3. The molecule has 1 aliphatic heterocycles. The molecule has 3 fully saturated rings. The van der Waals surface area contributed by atoms with E-state index in [0.717, 1.165) is 29.6 Å². The highest BCUT2D eigenvalue weighted by molar-refractivity contribution is 7.15. The first kappa shape index (κ1) is 28.1. The molecule has 9 nitrogen and oxygen atoms in total. The smallest absolute Gasteiger partial charge is 0.481 e. The fourth-order valence-electron chi connectivity index (χ4n) is 5.20. The number of aryl methyl sites for hydroxylation is 1. The fourth-order valence-corrected chi connectivity index (χ4v) is 6.19. The van der Waals surface area contributed by atoms with Crippen LogP contribution in [0, 0.1) is 24.7 Å². The maximum atomic E-state index is 11.9. The summed E-state index contributed by atoms with van der Waals surface area (Å²) in [6, 6.07) is 1.93. The van der Waals surface area contributed by atoms with E-state index in [1.807, 2.05) is 19.2 Å². The highest BCUT2D eigenvalue weighted by Crippen LogP contribution is 2.44. The van der Waals surface area contributed by atoms with Gasteiger partial charge in [0.15, 0.2) is 5.13 Å². The average molecular weight is 556 g/mol. The van der Waals surface area contributed by atoms with Crippen LogP contribution in [-0.2, 0) is 9.59 Å². The van der Waals surface area contributed by atoms with Crippen LogP contribution in [0.25, 0.3) is 0 Å². The number of nitrogens with one attached hydrogen (secondary N) is 1. The van der Waals surface area contributed by atoms with Crippen molar-refractivity contribution >= 4 is 40.2 Å². The van der Waals surface area contributed by atoms with Crippen LogP contribution >= 0.6 is 11.3 Å².